The molecule has 1 aromatic carbocycles. The third-order valence-corrected chi connectivity index (χ3v) is 4.01. The number of rotatable bonds is 5. The SMILES string of the molecule is CC(Cc1cccs1)NC(=O)N(C)Cc1cccc(F)c1. The highest BCUT2D eigenvalue weighted by Crippen LogP contribution is 2.11. The van der Waals surface area contributed by atoms with E-state index < -0.39 is 0 Å². The fraction of sp³-hybridized carbons (Fsp3) is 0.312. The maximum absolute atomic E-state index is 13.1. The van der Waals surface area contributed by atoms with Crippen molar-refractivity contribution in [3.05, 3.63) is 58.0 Å². The van der Waals surface area contributed by atoms with Gasteiger partial charge in [0.05, 0.1) is 0 Å². The Hall–Kier alpha value is -1.88. The van der Waals surface area contributed by atoms with Crippen LogP contribution in [0.1, 0.15) is 17.4 Å². The molecule has 0 aliphatic heterocycles. The van der Waals surface area contributed by atoms with E-state index in [9.17, 15) is 9.18 Å². The van der Waals surface area contributed by atoms with Crippen molar-refractivity contribution in [2.45, 2.75) is 25.9 Å². The van der Waals surface area contributed by atoms with Gasteiger partial charge in [-0.2, -0.15) is 0 Å². The average molecular weight is 306 g/mol. The van der Waals surface area contributed by atoms with Crippen LogP contribution in [0, 0.1) is 5.82 Å². The number of amides is 2. The van der Waals surface area contributed by atoms with Crippen LogP contribution in [-0.2, 0) is 13.0 Å². The van der Waals surface area contributed by atoms with Crippen LogP contribution in [0.3, 0.4) is 0 Å². The predicted molar refractivity (Wildman–Crippen MR) is 83.9 cm³/mol. The summed E-state index contributed by atoms with van der Waals surface area (Å²) >= 11 is 1.68. The molecule has 0 fully saturated rings. The van der Waals surface area contributed by atoms with Crippen molar-refractivity contribution in [2.75, 3.05) is 7.05 Å². The maximum atomic E-state index is 13.1. The molecule has 1 unspecified atom stereocenters. The average Bonchev–Trinajstić information content (AvgIpc) is 2.91. The molecule has 1 atom stereocenters. The number of halogens is 1. The topological polar surface area (TPSA) is 32.3 Å². The molecule has 0 bridgehead atoms. The number of thiophene rings is 1. The minimum atomic E-state index is -0.285. The summed E-state index contributed by atoms with van der Waals surface area (Å²) in [6, 6.07) is 10.3. The van der Waals surface area contributed by atoms with Crippen molar-refractivity contribution in [2.24, 2.45) is 0 Å². The summed E-state index contributed by atoms with van der Waals surface area (Å²) < 4.78 is 13.1. The van der Waals surface area contributed by atoms with Crippen molar-refractivity contribution in [3.63, 3.8) is 0 Å². The lowest BCUT2D eigenvalue weighted by molar-refractivity contribution is 0.203. The van der Waals surface area contributed by atoms with Crippen molar-refractivity contribution < 1.29 is 9.18 Å². The van der Waals surface area contributed by atoms with Crippen LogP contribution in [0.4, 0.5) is 9.18 Å². The zero-order valence-electron chi connectivity index (χ0n) is 12.2. The zero-order valence-corrected chi connectivity index (χ0v) is 13.0. The number of hydrogen-bond acceptors (Lipinski definition) is 2. The van der Waals surface area contributed by atoms with Gasteiger partial charge < -0.3 is 10.2 Å². The van der Waals surface area contributed by atoms with E-state index in [-0.39, 0.29) is 17.9 Å². The number of urea groups is 1. The van der Waals surface area contributed by atoms with Crippen molar-refractivity contribution in [3.8, 4) is 0 Å². The number of carbonyl (C=O) groups is 1. The van der Waals surface area contributed by atoms with Crippen LogP contribution in [0.25, 0.3) is 0 Å². The summed E-state index contributed by atoms with van der Waals surface area (Å²) in [4.78, 5) is 14.9. The first-order valence-electron chi connectivity index (χ1n) is 6.83. The molecule has 0 saturated heterocycles. The van der Waals surface area contributed by atoms with E-state index in [2.05, 4.69) is 11.4 Å². The van der Waals surface area contributed by atoms with E-state index in [1.807, 2.05) is 24.4 Å². The Morgan fingerprint density at radius 2 is 2.19 bits per heavy atom. The molecule has 21 heavy (non-hydrogen) atoms. The molecular formula is C16H19FN2OS. The van der Waals surface area contributed by atoms with Gasteiger partial charge in [-0.15, -0.1) is 11.3 Å². The van der Waals surface area contributed by atoms with E-state index >= 15 is 0 Å². The van der Waals surface area contributed by atoms with Crippen molar-refractivity contribution >= 4 is 17.4 Å². The third kappa shape index (κ3) is 4.86. The first kappa shape index (κ1) is 15.5. The van der Waals surface area contributed by atoms with Crippen molar-refractivity contribution in [1.29, 1.82) is 0 Å². The van der Waals surface area contributed by atoms with Gasteiger partial charge in [0.1, 0.15) is 5.82 Å². The van der Waals surface area contributed by atoms with Crippen LogP contribution in [-0.4, -0.2) is 24.0 Å². The second-order valence-electron chi connectivity index (χ2n) is 5.12. The molecule has 0 aliphatic carbocycles. The molecule has 0 aliphatic rings. The monoisotopic (exact) mass is 306 g/mol. The smallest absolute Gasteiger partial charge is 0.317 e. The Kier molecular flexibility index (Phi) is 5.33. The minimum Gasteiger partial charge on any atom is -0.335 e. The molecule has 2 amide bonds. The van der Waals surface area contributed by atoms with Gasteiger partial charge >= 0.3 is 6.03 Å². The molecule has 0 spiro atoms. The summed E-state index contributed by atoms with van der Waals surface area (Å²) in [7, 11) is 1.71. The van der Waals surface area contributed by atoms with Crippen LogP contribution < -0.4 is 5.32 Å². The molecule has 2 rings (SSSR count). The van der Waals surface area contributed by atoms with Crippen LogP contribution in [0.2, 0.25) is 0 Å². The van der Waals surface area contributed by atoms with E-state index in [0.29, 0.717) is 6.54 Å². The number of benzene rings is 1. The van der Waals surface area contributed by atoms with Gasteiger partial charge in [-0.1, -0.05) is 18.2 Å². The molecular weight excluding hydrogens is 287 g/mol. The Labute approximate surface area is 128 Å². The molecule has 0 saturated carbocycles. The Bertz CT molecular complexity index is 586. The first-order chi connectivity index (χ1) is 10.0. The predicted octanol–water partition coefficient (Wildman–Crippen LogP) is 3.66. The van der Waals surface area contributed by atoms with E-state index in [0.717, 1.165) is 12.0 Å². The Balaban J connectivity index is 1.84. The largest absolute Gasteiger partial charge is 0.335 e. The first-order valence-corrected chi connectivity index (χ1v) is 7.71. The fourth-order valence-electron chi connectivity index (χ4n) is 2.08. The molecule has 3 nitrogen and oxygen atoms in total. The van der Waals surface area contributed by atoms with Crippen molar-refractivity contribution in [1.82, 2.24) is 10.2 Å². The molecule has 2 aromatic rings. The fourth-order valence-corrected chi connectivity index (χ4v) is 2.92. The third-order valence-electron chi connectivity index (χ3n) is 3.11. The lowest BCUT2D eigenvalue weighted by Gasteiger charge is -2.21. The van der Waals surface area contributed by atoms with Gasteiger partial charge in [-0.05, 0) is 36.1 Å². The normalized spacial score (nSPS) is 12.0. The number of nitrogens with zero attached hydrogens (tertiary/aromatic N) is 1. The highest BCUT2D eigenvalue weighted by Gasteiger charge is 2.13. The molecule has 112 valence electrons. The highest BCUT2D eigenvalue weighted by molar-refractivity contribution is 7.09. The number of carbonyl (C=O) groups excluding carboxylic acids is 1. The molecule has 1 N–H and O–H groups in total. The van der Waals surface area contributed by atoms with E-state index in [1.54, 1.807) is 29.4 Å². The lowest BCUT2D eigenvalue weighted by atomic mass is 10.2. The summed E-state index contributed by atoms with van der Waals surface area (Å²) in [5, 5.41) is 4.98. The summed E-state index contributed by atoms with van der Waals surface area (Å²) in [5.74, 6) is -0.285. The summed E-state index contributed by atoms with van der Waals surface area (Å²) in [6.07, 6.45) is 0.817. The van der Waals surface area contributed by atoms with Gasteiger partial charge in [-0.3, -0.25) is 0 Å². The lowest BCUT2D eigenvalue weighted by Crippen LogP contribution is -2.42. The standard InChI is InChI=1S/C16H19FN2OS/c1-12(9-15-7-4-8-21-15)18-16(20)19(2)11-13-5-3-6-14(17)10-13/h3-8,10,12H,9,11H2,1-2H3,(H,18,20). The second kappa shape index (κ2) is 7.22. The van der Waals surface area contributed by atoms with E-state index in [1.165, 1.54) is 17.0 Å². The quantitative estimate of drug-likeness (QED) is 0.898. The maximum Gasteiger partial charge on any atom is 0.317 e. The Morgan fingerprint density at radius 1 is 1.38 bits per heavy atom. The van der Waals surface area contributed by atoms with Gasteiger partial charge in [0.25, 0.3) is 0 Å². The Morgan fingerprint density at radius 3 is 2.86 bits per heavy atom. The van der Waals surface area contributed by atoms with Gasteiger partial charge in [0.15, 0.2) is 0 Å². The van der Waals surface area contributed by atoms with Crippen LogP contribution in [0.5, 0.6) is 0 Å². The molecule has 0 radical (unpaired) electrons. The molecule has 1 aromatic heterocycles. The van der Waals surface area contributed by atoms with E-state index in [4.69, 9.17) is 0 Å². The molecule has 5 heteroatoms. The van der Waals surface area contributed by atoms with Gasteiger partial charge in [0, 0.05) is 30.9 Å². The number of nitrogens with one attached hydrogen (secondary N) is 1. The molecule has 1 heterocycles. The van der Waals surface area contributed by atoms with Crippen LogP contribution >= 0.6 is 11.3 Å². The minimum absolute atomic E-state index is 0.0612. The second-order valence-corrected chi connectivity index (χ2v) is 6.15. The van der Waals surface area contributed by atoms with Gasteiger partial charge in [0.2, 0.25) is 0 Å². The van der Waals surface area contributed by atoms with Gasteiger partial charge in [-0.25, -0.2) is 9.18 Å². The zero-order chi connectivity index (χ0) is 15.2. The summed E-state index contributed by atoms with van der Waals surface area (Å²) in [5.41, 5.74) is 0.776. The number of hydrogen-bond donors (Lipinski definition) is 1. The highest BCUT2D eigenvalue weighted by atomic mass is 32.1. The summed E-state index contributed by atoms with van der Waals surface area (Å²) in [6.45, 7) is 2.36. The van der Waals surface area contributed by atoms with Crippen LogP contribution in [0.15, 0.2) is 41.8 Å².